The van der Waals surface area contributed by atoms with Gasteiger partial charge in [-0.15, -0.1) is 0 Å². The molecule has 2 aliphatic carbocycles. The van der Waals surface area contributed by atoms with Gasteiger partial charge in [0.25, 0.3) is 0 Å². The second kappa shape index (κ2) is 8.78. The van der Waals surface area contributed by atoms with Crippen LogP contribution in [0.2, 0.25) is 0 Å². The van der Waals surface area contributed by atoms with Crippen LogP contribution < -0.4 is 5.32 Å². The van der Waals surface area contributed by atoms with Gasteiger partial charge in [0.15, 0.2) is 0 Å². The lowest BCUT2D eigenvalue weighted by molar-refractivity contribution is -0.144. The van der Waals surface area contributed by atoms with Crippen molar-refractivity contribution in [3.8, 4) is 11.1 Å². The van der Waals surface area contributed by atoms with Gasteiger partial charge in [0.05, 0.1) is 5.41 Å². The minimum atomic E-state index is -0.831. The van der Waals surface area contributed by atoms with Crippen molar-refractivity contribution in [1.82, 2.24) is 10.2 Å². The van der Waals surface area contributed by atoms with Crippen LogP contribution in [-0.4, -0.2) is 53.7 Å². The Morgan fingerprint density at radius 1 is 1.12 bits per heavy atom. The quantitative estimate of drug-likeness (QED) is 0.618. The minimum Gasteiger partial charge on any atom is -0.481 e. The van der Waals surface area contributed by atoms with Crippen molar-refractivity contribution >= 4 is 18.0 Å². The molecular formula is C27H30N2O5. The van der Waals surface area contributed by atoms with Crippen LogP contribution in [0.1, 0.15) is 49.7 Å². The summed E-state index contributed by atoms with van der Waals surface area (Å²) in [6.45, 7) is 2.88. The maximum atomic E-state index is 13.2. The number of fused-ring (bicyclic) bond motifs is 4. The fourth-order valence-corrected chi connectivity index (χ4v) is 5.65. The molecule has 7 heteroatoms. The number of likely N-dealkylation sites (tertiary alicyclic amines) is 1. The molecule has 1 saturated heterocycles. The highest BCUT2D eigenvalue weighted by molar-refractivity contribution is 5.88. The van der Waals surface area contributed by atoms with Gasteiger partial charge < -0.3 is 20.1 Å². The number of hydrogen-bond acceptors (Lipinski definition) is 4. The van der Waals surface area contributed by atoms with Crippen molar-refractivity contribution in [3.63, 3.8) is 0 Å². The van der Waals surface area contributed by atoms with Crippen molar-refractivity contribution in [2.75, 3.05) is 19.7 Å². The summed E-state index contributed by atoms with van der Waals surface area (Å²) in [6, 6.07) is 15.6. The Balaban J connectivity index is 1.23. The zero-order valence-electron chi connectivity index (χ0n) is 19.3. The normalized spacial score (nSPS) is 23.0. The molecule has 2 amide bonds. The summed E-state index contributed by atoms with van der Waals surface area (Å²) in [5, 5.41) is 12.3. The number of nitrogens with zero attached hydrogens (tertiary/aromatic N) is 1. The number of benzene rings is 2. The van der Waals surface area contributed by atoms with Gasteiger partial charge in [-0.1, -0.05) is 68.3 Å². The standard InChI is InChI=1S/C27H30N2O5/c1-2-3-12-23(24(30)29-14-17-13-27(17,16-29)25(31)32)28-26(33)34-15-22-20-10-6-4-8-18(20)19-9-5-7-11-21(19)22/h4-11,17,22-23H,2-3,12-16H2,1H3,(H,28,33)(H,31,32)/t17?,23-,27?/m0/s1. The average Bonchev–Trinajstić information content (AvgIpc) is 3.27. The number of aliphatic carboxylic acids is 1. The lowest BCUT2D eigenvalue weighted by atomic mass is 9.98. The van der Waals surface area contributed by atoms with Gasteiger partial charge in [0.2, 0.25) is 5.91 Å². The Morgan fingerprint density at radius 3 is 2.35 bits per heavy atom. The monoisotopic (exact) mass is 462 g/mol. The number of rotatable bonds is 8. The maximum Gasteiger partial charge on any atom is 0.407 e. The van der Waals surface area contributed by atoms with E-state index in [1.54, 1.807) is 4.90 Å². The van der Waals surface area contributed by atoms with Crippen molar-refractivity contribution in [1.29, 1.82) is 0 Å². The molecule has 178 valence electrons. The van der Waals surface area contributed by atoms with E-state index in [0.717, 1.165) is 35.1 Å². The smallest absolute Gasteiger partial charge is 0.407 e. The summed E-state index contributed by atoms with van der Waals surface area (Å²) in [4.78, 5) is 39.1. The SMILES string of the molecule is CCCC[C@H](NC(=O)OCC1c2ccccc2-c2ccccc21)C(=O)N1CC2CC2(C(=O)O)C1. The number of nitrogens with one attached hydrogen (secondary N) is 1. The van der Waals surface area contributed by atoms with Crippen LogP contribution in [0.15, 0.2) is 48.5 Å². The van der Waals surface area contributed by atoms with E-state index in [1.807, 2.05) is 31.2 Å². The molecule has 2 N–H and O–H groups in total. The number of ether oxygens (including phenoxy) is 1. The molecule has 0 aromatic heterocycles. The predicted octanol–water partition coefficient (Wildman–Crippen LogP) is 4.02. The third-order valence-electron chi connectivity index (χ3n) is 7.66. The van der Waals surface area contributed by atoms with Gasteiger partial charge in [-0.25, -0.2) is 4.79 Å². The predicted molar refractivity (Wildman–Crippen MR) is 126 cm³/mol. The summed E-state index contributed by atoms with van der Waals surface area (Å²) in [5.41, 5.74) is 3.79. The third-order valence-corrected chi connectivity index (χ3v) is 7.66. The van der Waals surface area contributed by atoms with Crippen LogP contribution in [0.4, 0.5) is 4.79 Å². The molecular weight excluding hydrogens is 432 g/mol. The highest BCUT2D eigenvalue weighted by Gasteiger charge is 2.66. The van der Waals surface area contributed by atoms with Gasteiger partial charge in [-0.3, -0.25) is 9.59 Å². The van der Waals surface area contributed by atoms with Gasteiger partial charge >= 0.3 is 12.1 Å². The number of carbonyl (C=O) groups excluding carboxylic acids is 2. The lowest BCUT2D eigenvalue weighted by Gasteiger charge is -2.26. The molecule has 2 fully saturated rings. The molecule has 5 rings (SSSR count). The molecule has 0 radical (unpaired) electrons. The molecule has 2 aromatic carbocycles. The summed E-state index contributed by atoms with van der Waals surface area (Å²) >= 11 is 0. The summed E-state index contributed by atoms with van der Waals surface area (Å²) in [5.74, 6) is -1.07. The molecule has 34 heavy (non-hydrogen) atoms. The zero-order chi connectivity index (χ0) is 23.9. The van der Waals surface area contributed by atoms with Crippen LogP contribution in [0, 0.1) is 11.3 Å². The van der Waals surface area contributed by atoms with Crippen LogP contribution >= 0.6 is 0 Å². The average molecular weight is 463 g/mol. The number of alkyl carbamates (subject to hydrolysis) is 1. The molecule has 1 heterocycles. The molecule has 7 nitrogen and oxygen atoms in total. The first kappa shape index (κ1) is 22.4. The van der Waals surface area contributed by atoms with Crippen molar-refractivity contribution in [3.05, 3.63) is 59.7 Å². The van der Waals surface area contributed by atoms with E-state index < -0.39 is 23.5 Å². The summed E-state index contributed by atoms with van der Waals surface area (Å²) in [6.07, 6.45) is 2.18. The Hall–Kier alpha value is -3.35. The first-order chi connectivity index (χ1) is 16.4. The van der Waals surface area contributed by atoms with Crippen molar-refractivity contribution < 1.29 is 24.2 Å². The van der Waals surface area contributed by atoms with E-state index in [9.17, 15) is 19.5 Å². The molecule has 2 unspecified atom stereocenters. The first-order valence-corrected chi connectivity index (χ1v) is 12.1. The van der Waals surface area contributed by atoms with Crippen molar-refractivity contribution in [2.45, 2.75) is 44.6 Å². The zero-order valence-corrected chi connectivity index (χ0v) is 19.3. The van der Waals surface area contributed by atoms with Gasteiger partial charge in [-0.05, 0) is 41.0 Å². The van der Waals surface area contributed by atoms with Gasteiger partial charge in [-0.2, -0.15) is 0 Å². The Kier molecular flexibility index (Phi) is 5.80. The van der Waals surface area contributed by atoms with Gasteiger partial charge in [0.1, 0.15) is 12.6 Å². The fourth-order valence-electron chi connectivity index (χ4n) is 5.65. The molecule has 3 atom stereocenters. The highest BCUT2D eigenvalue weighted by Crippen LogP contribution is 2.58. The minimum absolute atomic E-state index is 0.0234. The van der Waals surface area contributed by atoms with E-state index in [0.29, 0.717) is 19.4 Å². The highest BCUT2D eigenvalue weighted by atomic mass is 16.5. The Bertz CT molecular complexity index is 1090. The van der Waals surface area contributed by atoms with E-state index in [1.165, 1.54) is 0 Å². The van der Waals surface area contributed by atoms with E-state index in [2.05, 4.69) is 29.6 Å². The van der Waals surface area contributed by atoms with E-state index in [4.69, 9.17) is 4.74 Å². The Morgan fingerprint density at radius 2 is 1.76 bits per heavy atom. The van der Waals surface area contributed by atoms with Crippen LogP contribution in [-0.2, 0) is 14.3 Å². The number of unbranched alkanes of at least 4 members (excludes halogenated alkanes) is 1. The number of carboxylic acid groups (broad SMARTS) is 1. The number of amides is 2. The third kappa shape index (κ3) is 3.83. The summed E-state index contributed by atoms with van der Waals surface area (Å²) in [7, 11) is 0. The van der Waals surface area contributed by atoms with Gasteiger partial charge in [0, 0.05) is 19.0 Å². The maximum absolute atomic E-state index is 13.2. The lowest BCUT2D eigenvalue weighted by Crippen LogP contribution is -2.49. The number of carbonyl (C=O) groups is 3. The van der Waals surface area contributed by atoms with Crippen molar-refractivity contribution in [2.24, 2.45) is 11.3 Å². The van der Waals surface area contributed by atoms with Crippen LogP contribution in [0.25, 0.3) is 11.1 Å². The van der Waals surface area contributed by atoms with E-state index >= 15 is 0 Å². The first-order valence-electron chi connectivity index (χ1n) is 12.1. The molecule has 1 aliphatic heterocycles. The number of piperidine rings is 1. The molecule has 0 bridgehead atoms. The van der Waals surface area contributed by atoms with Crippen LogP contribution in [0.5, 0.6) is 0 Å². The topological polar surface area (TPSA) is 95.9 Å². The fraction of sp³-hybridized carbons (Fsp3) is 0.444. The Labute approximate surface area is 199 Å². The number of carboxylic acids is 1. The summed E-state index contributed by atoms with van der Waals surface area (Å²) < 4.78 is 5.64. The second-order valence-corrected chi connectivity index (χ2v) is 9.75. The molecule has 3 aliphatic rings. The molecule has 2 aromatic rings. The van der Waals surface area contributed by atoms with E-state index in [-0.39, 0.29) is 30.9 Å². The molecule has 0 spiro atoms. The second-order valence-electron chi connectivity index (χ2n) is 9.75. The largest absolute Gasteiger partial charge is 0.481 e. The number of hydrogen-bond donors (Lipinski definition) is 2. The van der Waals surface area contributed by atoms with Crippen LogP contribution in [0.3, 0.4) is 0 Å². The molecule has 1 saturated carbocycles.